The molecule has 1 heterocycles. The van der Waals surface area contributed by atoms with Crippen LogP contribution >= 0.6 is 0 Å². The molecule has 0 saturated heterocycles. The Bertz CT molecular complexity index is 495. The van der Waals surface area contributed by atoms with Crippen molar-refractivity contribution in [3.05, 3.63) is 17.5 Å². The van der Waals surface area contributed by atoms with Gasteiger partial charge < -0.3 is 5.73 Å². The molecular weight excluding hydrogens is 246 g/mol. The summed E-state index contributed by atoms with van der Waals surface area (Å²) in [7, 11) is 0. The number of hydrogen-bond donors (Lipinski definition) is 1. The van der Waals surface area contributed by atoms with E-state index < -0.39 is 0 Å². The maximum atomic E-state index is 6.29. The van der Waals surface area contributed by atoms with Crippen LogP contribution in [0.4, 0.5) is 0 Å². The maximum Gasteiger partial charge on any atom is 0.0579 e. The van der Waals surface area contributed by atoms with Gasteiger partial charge in [-0.2, -0.15) is 5.10 Å². The van der Waals surface area contributed by atoms with Crippen molar-refractivity contribution in [3.8, 4) is 0 Å². The van der Waals surface area contributed by atoms with Gasteiger partial charge in [0.2, 0.25) is 0 Å². The van der Waals surface area contributed by atoms with Gasteiger partial charge in [-0.1, -0.05) is 0 Å². The van der Waals surface area contributed by atoms with Gasteiger partial charge in [0, 0.05) is 16.8 Å². The van der Waals surface area contributed by atoms with E-state index in [1.54, 1.807) is 0 Å². The minimum absolute atomic E-state index is 0.283. The number of aromatic nitrogens is 2. The molecule has 1 aromatic rings. The van der Waals surface area contributed by atoms with Crippen LogP contribution in [0.2, 0.25) is 0 Å². The van der Waals surface area contributed by atoms with Gasteiger partial charge in [-0.3, -0.25) is 4.68 Å². The molecule has 0 spiro atoms. The molecule has 0 atom stereocenters. The standard InChI is InChI=1S/C17H27N3/c1-10-15(17(2,3)18)9-19-20(10)16-13-5-11-4-12(7-13)8-14(16)6-11/h9,11-14,16H,4-8,18H2,1-3H3. The second-order valence-corrected chi connectivity index (χ2v) is 8.23. The van der Waals surface area contributed by atoms with E-state index in [2.05, 4.69) is 25.5 Å². The van der Waals surface area contributed by atoms with Crippen LogP contribution in [0.5, 0.6) is 0 Å². The molecule has 20 heavy (non-hydrogen) atoms. The Kier molecular flexibility index (Phi) is 2.64. The first-order valence-electron chi connectivity index (χ1n) is 8.27. The van der Waals surface area contributed by atoms with Crippen molar-refractivity contribution in [2.24, 2.45) is 29.4 Å². The maximum absolute atomic E-state index is 6.29. The SMILES string of the molecule is Cc1c(C(C)(C)N)cnn1C1C2CC3CC(C2)CC1C3. The minimum Gasteiger partial charge on any atom is -0.322 e. The summed E-state index contributed by atoms with van der Waals surface area (Å²) in [6.45, 7) is 6.37. The smallest absolute Gasteiger partial charge is 0.0579 e. The Morgan fingerprint density at radius 2 is 1.65 bits per heavy atom. The van der Waals surface area contributed by atoms with Crippen molar-refractivity contribution < 1.29 is 0 Å². The lowest BCUT2D eigenvalue weighted by molar-refractivity contribution is -0.0344. The molecule has 0 radical (unpaired) electrons. The third-order valence-corrected chi connectivity index (χ3v) is 6.20. The Balaban J connectivity index is 1.70. The fourth-order valence-corrected chi connectivity index (χ4v) is 5.65. The third kappa shape index (κ3) is 1.78. The van der Waals surface area contributed by atoms with Crippen LogP contribution in [0.3, 0.4) is 0 Å². The van der Waals surface area contributed by atoms with Crippen molar-refractivity contribution in [3.63, 3.8) is 0 Å². The van der Waals surface area contributed by atoms with Crippen molar-refractivity contribution in [2.75, 3.05) is 0 Å². The molecule has 4 saturated carbocycles. The summed E-state index contributed by atoms with van der Waals surface area (Å²) in [6, 6.07) is 0.652. The predicted octanol–water partition coefficient (Wildman–Crippen LogP) is 3.38. The topological polar surface area (TPSA) is 43.8 Å². The largest absolute Gasteiger partial charge is 0.322 e. The van der Waals surface area contributed by atoms with Crippen LogP contribution in [0.15, 0.2) is 6.20 Å². The molecule has 3 nitrogen and oxygen atoms in total. The van der Waals surface area contributed by atoms with E-state index in [0.29, 0.717) is 6.04 Å². The van der Waals surface area contributed by atoms with Gasteiger partial charge in [-0.15, -0.1) is 0 Å². The molecule has 0 unspecified atom stereocenters. The number of nitrogens with two attached hydrogens (primary N) is 1. The van der Waals surface area contributed by atoms with Crippen molar-refractivity contribution in [1.29, 1.82) is 0 Å². The summed E-state index contributed by atoms with van der Waals surface area (Å²) in [5.41, 5.74) is 8.52. The average Bonchev–Trinajstić information content (AvgIpc) is 2.70. The van der Waals surface area contributed by atoms with Crippen LogP contribution in [0.25, 0.3) is 0 Å². The van der Waals surface area contributed by atoms with Gasteiger partial charge >= 0.3 is 0 Å². The number of nitrogens with zero attached hydrogens (tertiary/aromatic N) is 2. The van der Waals surface area contributed by atoms with E-state index in [1.165, 1.54) is 43.4 Å². The average molecular weight is 273 g/mol. The summed E-state index contributed by atoms with van der Waals surface area (Å²) in [5, 5.41) is 4.76. The van der Waals surface area contributed by atoms with Crippen LogP contribution < -0.4 is 5.73 Å². The summed E-state index contributed by atoms with van der Waals surface area (Å²) in [4.78, 5) is 0. The Morgan fingerprint density at radius 3 is 2.10 bits per heavy atom. The highest BCUT2D eigenvalue weighted by Gasteiger charge is 2.49. The van der Waals surface area contributed by atoms with Gasteiger partial charge in [0.1, 0.15) is 0 Å². The molecular formula is C17H27N3. The second kappa shape index (κ2) is 4.09. The van der Waals surface area contributed by atoms with Crippen LogP contribution in [-0.4, -0.2) is 9.78 Å². The van der Waals surface area contributed by atoms with E-state index in [0.717, 1.165) is 23.7 Å². The van der Waals surface area contributed by atoms with Crippen molar-refractivity contribution in [1.82, 2.24) is 9.78 Å². The van der Waals surface area contributed by atoms with E-state index in [9.17, 15) is 0 Å². The van der Waals surface area contributed by atoms with E-state index >= 15 is 0 Å². The molecule has 4 fully saturated rings. The zero-order chi connectivity index (χ0) is 14.1. The molecule has 4 bridgehead atoms. The Hall–Kier alpha value is -0.830. The van der Waals surface area contributed by atoms with Crippen LogP contribution in [0, 0.1) is 30.6 Å². The predicted molar refractivity (Wildman–Crippen MR) is 80.3 cm³/mol. The second-order valence-electron chi connectivity index (χ2n) is 8.23. The highest BCUT2D eigenvalue weighted by atomic mass is 15.3. The lowest BCUT2D eigenvalue weighted by Gasteiger charge is -2.54. The molecule has 0 amide bonds. The highest BCUT2D eigenvalue weighted by Crippen LogP contribution is 2.58. The molecule has 4 aliphatic carbocycles. The Labute approximate surface area is 121 Å². The fourth-order valence-electron chi connectivity index (χ4n) is 5.65. The van der Waals surface area contributed by atoms with E-state index in [1.807, 2.05) is 6.20 Å². The molecule has 110 valence electrons. The molecule has 4 aliphatic rings. The molecule has 1 aromatic heterocycles. The molecule has 0 aliphatic heterocycles. The minimum atomic E-state index is -0.283. The normalized spacial score (nSPS) is 39.5. The number of hydrogen-bond acceptors (Lipinski definition) is 2. The molecule has 2 N–H and O–H groups in total. The first-order valence-corrected chi connectivity index (χ1v) is 8.27. The van der Waals surface area contributed by atoms with Crippen molar-refractivity contribution >= 4 is 0 Å². The molecule has 0 aromatic carbocycles. The van der Waals surface area contributed by atoms with Crippen LogP contribution in [-0.2, 0) is 5.54 Å². The monoisotopic (exact) mass is 273 g/mol. The quantitative estimate of drug-likeness (QED) is 0.897. The number of rotatable bonds is 2. The summed E-state index contributed by atoms with van der Waals surface area (Å²) in [6.07, 6.45) is 9.30. The fraction of sp³-hybridized carbons (Fsp3) is 0.824. The lowest BCUT2D eigenvalue weighted by atomic mass is 9.54. The summed E-state index contributed by atoms with van der Waals surface area (Å²) >= 11 is 0. The van der Waals surface area contributed by atoms with Crippen LogP contribution in [0.1, 0.15) is 63.3 Å². The zero-order valence-electron chi connectivity index (χ0n) is 13.0. The van der Waals surface area contributed by atoms with Gasteiger partial charge in [0.25, 0.3) is 0 Å². The summed E-state index contributed by atoms with van der Waals surface area (Å²) in [5.74, 6) is 3.79. The third-order valence-electron chi connectivity index (χ3n) is 6.20. The van der Waals surface area contributed by atoms with Crippen molar-refractivity contribution in [2.45, 2.75) is 64.5 Å². The van der Waals surface area contributed by atoms with E-state index in [-0.39, 0.29) is 5.54 Å². The van der Waals surface area contributed by atoms with Gasteiger partial charge in [0.05, 0.1) is 12.2 Å². The zero-order valence-corrected chi connectivity index (χ0v) is 13.0. The highest BCUT2D eigenvalue weighted by molar-refractivity contribution is 5.25. The van der Waals surface area contributed by atoms with Gasteiger partial charge in [-0.25, -0.2) is 0 Å². The van der Waals surface area contributed by atoms with Gasteiger partial charge in [-0.05, 0) is 76.5 Å². The van der Waals surface area contributed by atoms with Gasteiger partial charge in [0.15, 0.2) is 0 Å². The van der Waals surface area contributed by atoms with E-state index in [4.69, 9.17) is 10.8 Å². The summed E-state index contributed by atoms with van der Waals surface area (Å²) < 4.78 is 2.34. The molecule has 3 heteroatoms. The Morgan fingerprint density at radius 1 is 1.10 bits per heavy atom. The first kappa shape index (κ1) is 12.9. The lowest BCUT2D eigenvalue weighted by Crippen LogP contribution is -2.46. The first-order chi connectivity index (χ1) is 9.43. The molecule has 5 rings (SSSR count).